The number of thiazole rings is 1. The van der Waals surface area contributed by atoms with Gasteiger partial charge in [0.1, 0.15) is 0 Å². The third kappa shape index (κ3) is 4.17. The van der Waals surface area contributed by atoms with Gasteiger partial charge in [-0.3, -0.25) is 19.3 Å². The van der Waals surface area contributed by atoms with Gasteiger partial charge in [0.2, 0.25) is 17.7 Å². The van der Waals surface area contributed by atoms with Crippen molar-refractivity contribution in [2.75, 3.05) is 16.0 Å². The molecule has 2 atom stereocenters. The SMILES string of the molecule is Cc1cccc(C)c1NC(=O)CSc1nc2ccc(N3C(=O)[C@H]4CCCC[C@H]4C3=O)cc2s1. The number of nitrogens with zero attached hydrogens (tertiary/aromatic N) is 2. The van der Waals surface area contributed by atoms with Gasteiger partial charge in [0.25, 0.3) is 0 Å². The van der Waals surface area contributed by atoms with E-state index in [1.807, 2.05) is 44.2 Å². The van der Waals surface area contributed by atoms with Crippen molar-refractivity contribution < 1.29 is 14.4 Å². The van der Waals surface area contributed by atoms with Gasteiger partial charge in [0.05, 0.1) is 33.5 Å². The zero-order chi connectivity index (χ0) is 23.1. The quantitative estimate of drug-likeness (QED) is 0.396. The van der Waals surface area contributed by atoms with E-state index < -0.39 is 0 Å². The van der Waals surface area contributed by atoms with E-state index in [-0.39, 0.29) is 35.3 Å². The number of aryl methyl sites for hydroxylation is 2. The maximum absolute atomic E-state index is 12.9. The Labute approximate surface area is 200 Å². The molecule has 0 unspecified atom stereocenters. The van der Waals surface area contributed by atoms with Crippen molar-refractivity contribution in [3.05, 3.63) is 47.5 Å². The summed E-state index contributed by atoms with van der Waals surface area (Å²) in [6.07, 6.45) is 3.64. The number of hydrogen-bond donors (Lipinski definition) is 1. The van der Waals surface area contributed by atoms with Crippen molar-refractivity contribution in [1.82, 2.24) is 4.98 Å². The van der Waals surface area contributed by atoms with E-state index in [4.69, 9.17) is 0 Å². The van der Waals surface area contributed by atoms with Crippen LogP contribution in [0.25, 0.3) is 10.2 Å². The molecular weight excluding hydrogens is 454 g/mol. The zero-order valence-electron chi connectivity index (χ0n) is 18.6. The van der Waals surface area contributed by atoms with E-state index in [1.54, 1.807) is 6.07 Å². The molecule has 2 aliphatic rings. The lowest BCUT2D eigenvalue weighted by Gasteiger charge is -2.19. The van der Waals surface area contributed by atoms with Crippen LogP contribution in [0.2, 0.25) is 0 Å². The number of thioether (sulfide) groups is 1. The maximum Gasteiger partial charge on any atom is 0.237 e. The minimum atomic E-state index is -0.162. The van der Waals surface area contributed by atoms with Crippen LogP contribution in [0.4, 0.5) is 11.4 Å². The van der Waals surface area contributed by atoms with Crippen LogP contribution in [-0.4, -0.2) is 28.5 Å². The molecule has 1 N–H and O–H groups in total. The van der Waals surface area contributed by atoms with Crippen molar-refractivity contribution in [1.29, 1.82) is 0 Å². The highest BCUT2D eigenvalue weighted by Gasteiger charge is 2.48. The molecule has 2 fully saturated rings. The lowest BCUT2D eigenvalue weighted by Crippen LogP contribution is -2.30. The van der Waals surface area contributed by atoms with Crippen molar-refractivity contribution in [2.45, 2.75) is 43.9 Å². The van der Waals surface area contributed by atoms with Gasteiger partial charge in [0.15, 0.2) is 4.34 Å². The Morgan fingerprint density at radius 2 is 1.76 bits per heavy atom. The summed E-state index contributed by atoms with van der Waals surface area (Å²) in [5.74, 6) is -0.270. The van der Waals surface area contributed by atoms with Gasteiger partial charge < -0.3 is 5.32 Å². The fraction of sp³-hybridized carbons (Fsp3) is 0.360. The maximum atomic E-state index is 12.9. The number of benzene rings is 2. The molecule has 6 nitrogen and oxygen atoms in total. The summed E-state index contributed by atoms with van der Waals surface area (Å²) in [4.78, 5) is 44.3. The third-order valence-corrected chi connectivity index (χ3v) is 8.69. The Hall–Kier alpha value is -2.71. The van der Waals surface area contributed by atoms with Gasteiger partial charge in [-0.25, -0.2) is 4.98 Å². The van der Waals surface area contributed by atoms with Crippen LogP contribution < -0.4 is 10.2 Å². The second-order valence-corrected chi connectivity index (χ2v) is 11.0. The minimum Gasteiger partial charge on any atom is -0.325 e. The van der Waals surface area contributed by atoms with Crippen molar-refractivity contribution in [3.63, 3.8) is 0 Å². The first-order valence-corrected chi connectivity index (χ1v) is 13.0. The molecule has 5 rings (SSSR count). The Morgan fingerprint density at radius 1 is 1.09 bits per heavy atom. The average molecular weight is 480 g/mol. The highest BCUT2D eigenvalue weighted by atomic mass is 32.2. The predicted octanol–water partition coefficient (Wildman–Crippen LogP) is 5.32. The van der Waals surface area contributed by atoms with Crippen molar-refractivity contribution >= 4 is 62.4 Å². The van der Waals surface area contributed by atoms with Gasteiger partial charge in [0, 0.05) is 5.69 Å². The number of anilines is 2. The van der Waals surface area contributed by atoms with Crippen LogP contribution in [0, 0.1) is 25.7 Å². The van der Waals surface area contributed by atoms with Crippen molar-refractivity contribution in [2.24, 2.45) is 11.8 Å². The van der Waals surface area contributed by atoms with Crippen LogP contribution in [0.15, 0.2) is 40.7 Å². The first-order valence-electron chi connectivity index (χ1n) is 11.2. The lowest BCUT2D eigenvalue weighted by molar-refractivity contribution is -0.122. The summed E-state index contributed by atoms with van der Waals surface area (Å²) in [5.41, 5.74) is 4.36. The fourth-order valence-electron chi connectivity index (χ4n) is 4.82. The zero-order valence-corrected chi connectivity index (χ0v) is 20.2. The smallest absolute Gasteiger partial charge is 0.237 e. The number of carbonyl (C=O) groups excluding carboxylic acids is 3. The summed E-state index contributed by atoms with van der Waals surface area (Å²) < 4.78 is 1.69. The molecule has 1 saturated heterocycles. The minimum absolute atomic E-state index is 0.0636. The van der Waals surface area contributed by atoms with E-state index in [2.05, 4.69) is 10.3 Å². The Bertz CT molecular complexity index is 1220. The molecule has 1 aromatic heterocycles. The Morgan fingerprint density at radius 3 is 2.42 bits per heavy atom. The van der Waals surface area contributed by atoms with E-state index in [0.29, 0.717) is 5.69 Å². The molecule has 0 radical (unpaired) electrons. The topological polar surface area (TPSA) is 79.4 Å². The summed E-state index contributed by atoms with van der Waals surface area (Å²) in [6, 6.07) is 11.5. The highest BCUT2D eigenvalue weighted by molar-refractivity contribution is 8.01. The van der Waals surface area contributed by atoms with Crippen LogP contribution in [-0.2, 0) is 14.4 Å². The fourth-order valence-corrected chi connectivity index (χ4v) is 6.73. The largest absolute Gasteiger partial charge is 0.325 e. The average Bonchev–Trinajstić information content (AvgIpc) is 3.33. The number of aromatic nitrogens is 1. The first-order chi connectivity index (χ1) is 15.9. The van der Waals surface area contributed by atoms with Crippen LogP contribution in [0.1, 0.15) is 36.8 Å². The molecule has 1 saturated carbocycles. The van der Waals surface area contributed by atoms with E-state index in [0.717, 1.165) is 57.1 Å². The first kappa shape index (κ1) is 22.1. The van der Waals surface area contributed by atoms with E-state index >= 15 is 0 Å². The number of amides is 3. The molecule has 3 aromatic rings. The predicted molar refractivity (Wildman–Crippen MR) is 133 cm³/mol. The number of rotatable bonds is 5. The molecule has 8 heteroatoms. The summed E-state index contributed by atoms with van der Waals surface area (Å²) >= 11 is 2.86. The molecule has 3 amide bonds. The molecule has 0 spiro atoms. The van der Waals surface area contributed by atoms with Crippen LogP contribution in [0.5, 0.6) is 0 Å². The third-order valence-electron chi connectivity index (χ3n) is 6.52. The number of hydrogen-bond acceptors (Lipinski definition) is 6. The summed E-state index contributed by atoms with van der Waals surface area (Å²) in [6.45, 7) is 3.96. The highest BCUT2D eigenvalue weighted by Crippen LogP contribution is 2.41. The van der Waals surface area contributed by atoms with Crippen molar-refractivity contribution in [3.8, 4) is 0 Å². The Balaban J connectivity index is 1.29. The number of fused-ring (bicyclic) bond motifs is 2. The molecule has 2 aromatic carbocycles. The molecule has 1 aliphatic heterocycles. The molecule has 1 aliphatic carbocycles. The number of para-hydroxylation sites is 1. The van der Waals surface area contributed by atoms with Crippen LogP contribution >= 0.6 is 23.1 Å². The summed E-state index contributed by atoms with van der Waals surface area (Å²) in [7, 11) is 0. The lowest BCUT2D eigenvalue weighted by atomic mass is 9.81. The van der Waals surface area contributed by atoms with Gasteiger partial charge in [-0.05, 0) is 56.0 Å². The summed E-state index contributed by atoms with van der Waals surface area (Å²) in [5, 5.41) is 3.00. The number of imide groups is 1. The second kappa shape index (κ2) is 8.91. The normalized spacial score (nSPS) is 20.4. The van der Waals surface area contributed by atoms with E-state index in [1.165, 1.54) is 28.0 Å². The molecule has 0 bridgehead atoms. The molecule has 170 valence electrons. The van der Waals surface area contributed by atoms with Crippen LogP contribution in [0.3, 0.4) is 0 Å². The van der Waals surface area contributed by atoms with E-state index in [9.17, 15) is 14.4 Å². The van der Waals surface area contributed by atoms with Gasteiger partial charge >= 0.3 is 0 Å². The number of carbonyl (C=O) groups is 3. The molecule has 2 heterocycles. The molecule has 33 heavy (non-hydrogen) atoms. The molecular formula is C25H25N3O3S2. The standard InChI is InChI=1S/C25H25N3O3S2/c1-14-6-5-7-15(2)22(14)27-21(29)13-32-25-26-19-11-10-16(12-20(19)33-25)28-23(30)17-8-3-4-9-18(17)24(28)31/h5-7,10-12,17-18H,3-4,8-9,13H2,1-2H3,(H,27,29)/t17-,18+. The Kier molecular flexibility index (Phi) is 5.97. The second-order valence-electron chi connectivity index (χ2n) is 8.74. The number of nitrogens with one attached hydrogen (secondary N) is 1. The monoisotopic (exact) mass is 479 g/mol. The van der Waals surface area contributed by atoms with Gasteiger partial charge in [-0.1, -0.05) is 42.8 Å². The van der Waals surface area contributed by atoms with Gasteiger partial charge in [-0.15, -0.1) is 11.3 Å². The van der Waals surface area contributed by atoms with Gasteiger partial charge in [-0.2, -0.15) is 0 Å².